The number of hydrogen-bond donors (Lipinski definition) is 0. The van der Waals surface area contributed by atoms with Crippen LogP contribution in [0, 0.1) is 6.92 Å². The molecule has 0 aliphatic rings. The van der Waals surface area contributed by atoms with E-state index >= 15 is 0 Å². The van der Waals surface area contributed by atoms with E-state index < -0.39 is 15.5 Å². The monoisotopic (exact) mass is 310 g/mol. The van der Waals surface area contributed by atoms with Crippen LogP contribution in [0.2, 0.25) is 0 Å². The smallest absolute Gasteiger partial charge is 0.291 e. The Labute approximate surface area is 125 Å². The Bertz CT molecular complexity index is 764. The van der Waals surface area contributed by atoms with Crippen molar-refractivity contribution in [2.24, 2.45) is 0 Å². The van der Waals surface area contributed by atoms with Gasteiger partial charge in [0.1, 0.15) is 9.84 Å². The van der Waals surface area contributed by atoms with Crippen molar-refractivity contribution < 1.29 is 8.42 Å². The van der Waals surface area contributed by atoms with Gasteiger partial charge in [-0.2, -0.15) is 4.98 Å². The number of hydrogen-bond acceptors (Lipinski definition) is 4. The molecule has 0 saturated carbocycles. The molecule has 6 heteroatoms. The molecule has 1 aromatic carbocycles. The normalized spacial score (nSPS) is 11.0. The van der Waals surface area contributed by atoms with Crippen LogP contribution in [0.5, 0.6) is 0 Å². The third kappa shape index (κ3) is 4.97. The van der Waals surface area contributed by atoms with E-state index in [4.69, 9.17) is 0 Å². The molecule has 1 aromatic heterocycles. The second kappa shape index (κ2) is 7.36. The lowest BCUT2D eigenvalue weighted by atomic mass is 10.2. The Balaban J connectivity index is 0.000000677. The Kier molecular flexibility index (Phi) is 6.08. The van der Waals surface area contributed by atoms with Crippen molar-refractivity contribution in [2.45, 2.75) is 33.7 Å². The van der Waals surface area contributed by atoms with Gasteiger partial charge in [-0.15, -0.1) is 0 Å². The van der Waals surface area contributed by atoms with Crippen LogP contribution >= 0.6 is 0 Å². The number of benzene rings is 1. The van der Waals surface area contributed by atoms with Crippen LogP contribution in [0.15, 0.2) is 29.1 Å². The molecule has 0 fully saturated rings. The van der Waals surface area contributed by atoms with Gasteiger partial charge in [0.05, 0.1) is 17.0 Å². The van der Waals surface area contributed by atoms with Crippen LogP contribution in [-0.2, 0) is 16.4 Å². The molecule has 2 rings (SSSR count). The lowest BCUT2D eigenvalue weighted by Crippen LogP contribution is -2.27. The number of fused-ring (bicyclic) bond motifs is 1. The van der Waals surface area contributed by atoms with Gasteiger partial charge in [-0.05, 0) is 13.0 Å². The fraction of sp³-hybridized carbons (Fsp3) is 0.467. The molecule has 1 heterocycles. The predicted octanol–water partition coefficient (Wildman–Crippen LogP) is 2.17. The number of aromatic nitrogens is 2. The van der Waals surface area contributed by atoms with Crippen molar-refractivity contribution >= 4 is 20.7 Å². The highest BCUT2D eigenvalue weighted by molar-refractivity contribution is 7.90. The van der Waals surface area contributed by atoms with E-state index in [0.717, 1.165) is 17.2 Å². The Morgan fingerprint density at radius 1 is 1.19 bits per heavy atom. The first-order chi connectivity index (χ1) is 9.80. The van der Waals surface area contributed by atoms with Crippen molar-refractivity contribution in [2.75, 3.05) is 12.0 Å². The third-order valence-electron chi connectivity index (χ3n) is 2.76. The van der Waals surface area contributed by atoms with Gasteiger partial charge in [0.15, 0.2) is 0 Å². The predicted molar refractivity (Wildman–Crippen MR) is 86.4 cm³/mol. The first-order valence-corrected chi connectivity index (χ1v) is 9.00. The molecule has 0 unspecified atom stereocenters. The number of rotatable bonds is 3. The zero-order chi connectivity index (χ0) is 16.0. The average molecular weight is 310 g/mol. The molecule has 0 bridgehead atoms. The van der Waals surface area contributed by atoms with Crippen molar-refractivity contribution in [3.63, 3.8) is 0 Å². The Morgan fingerprint density at radius 3 is 2.33 bits per heavy atom. The molecular formula is C15H22N2O3S. The summed E-state index contributed by atoms with van der Waals surface area (Å²) in [4.78, 5) is 15.7. The summed E-state index contributed by atoms with van der Waals surface area (Å²) < 4.78 is 23.8. The molecule has 2 aromatic rings. The van der Waals surface area contributed by atoms with Crippen LogP contribution in [0.4, 0.5) is 0 Å². The molecule has 0 aliphatic carbocycles. The minimum Gasteiger partial charge on any atom is -0.291 e. The molecule has 0 radical (unpaired) electrons. The van der Waals surface area contributed by atoms with Gasteiger partial charge in [0.25, 0.3) is 0 Å². The number of para-hydroxylation sites is 1. The molecule has 0 spiro atoms. The fourth-order valence-electron chi connectivity index (χ4n) is 1.86. The van der Waals surface area contributed by atoms with E-state index in [-0.39, 0.29) is 12.3 Å². The van der Waals surface area contributed by atoms with E-state index in [1.807, 2.05) is 18.2 Å². The minimum absolute atomic E-state index is 0.0678. The molecule has 21 heavy (non-hydrogen) atoms. The third-order valence-corrected chi connectivity index (χ3v) is 3.69. The van der Waals surface area contributed by atoms with Crippen LogP contribution in [0.3, 0.4) is 0 Å². The molecule has 0 atom stereocenters. The molecule has 0 amide bonds. The summed E-state index contributed by atoms with van der Waals surface area (Å²) in [5.41, 5.74) is 0.972. The summed E-state index contributed by atoms with van der Waals surface area (Å²) in [7, 11) is -3.11. The second-order valence-corrected chi connectivity index (χ2v) is 7.25. The number of nitrogens with zero attached hydrogens (tertiary/aromatic N) is 2. The van der Waals surface area contributed by atoms with Gasteiger partial charge < -0.3 is 0 Å². The summed E-state index contributed by atoms with van der Waals surface area (Å²) in [6.07, 6.45) is 2.40. The topological polar surface area (TPSA) is 69.0 Å². The van der Waals surface area contributed by atoms with E-state index in [2.05, 4.69) is 18.8 Å². The van der Waals surface area contributed by atoms with Crippen LogP contribution < -0.4 is 5.69 Å². The first kappa shape index (κ1) is 17.4. The SMILES string of the molecule is CCC.Cc1nc(=O)n(CCS(C)(=O)=O)c2ccccc12. The van der Waals surface area contributed by atoms with Gasteiger partial charge in [0.2, 0.25) is 0 Å². The van der Waals surface area contributed by atoms with Crippen LogP contribution in [0.1, 0.15) is 26.0 Å². The van der Waals surface area contributed by atoms with Gasteiger partial charge in [-0.25, -0.2) is 13.2 Å². The van der Waals surface area contributed by atoms with Gasteiger partial charge in [-0.1, -0.05) is 38.5 Å². The van der Waals surface area contributed by atoms with Gasteiger partial charge in [-0.3, -0.25) is 4.57 Å². The van der Waals surface area contributed by atoms with E-state index in [0.29, 0.717) is 5.69 Å². The maximum Gasteiger partial charge on any atom is 0.348 e. The highest BCUT2D eigenvalue weighted by Crippen LogP contribution is 2.14. The largest absolute Gasteiger partial charge is 0.348 e. The second-order valence-electron chi connectivity index (χ2n) is 4.99. The average Bonchev–Trinajstić information content (AvgIpc) is 2.38. The summed E-state index contributed by atoms with van der Waals surface area (Å²) in [6.45, 7) is 6.15. The van der Waals surface area contributed by atoms with E-state index in [1.54, 1.807) is 13.0 Å². The van der Waals surface area contributed by atoms with Gasteiger partial charge in [0, 0.05) is 18.2 Å². The lowest BCUT2D eigenvalue weighted by Gasteiger charge is -2.10. The van der Waals surface area contributed by atoms with Crippen molar-refractivity contribution in [3.8, 4) is 0 Å². The lowest BCUT2D eigenvalue weighted by molar-refractivity contribution is 0.593. The first-order valence-electron chi connectivity index (χ1n) is 6.94. The summed E-state index contributed by atoms with van der Waals surface area (Å²) in [6, 6.07) is 7.35. The molecule has 5 nitrogen and oxygen atoms in total. The Morgan fingerprint density at radius 2 is 1.76 bits per heavy atom. The Hall–Kier alpha value is -1.69. The van der Waals surface area contributed by atoms with E-state index in [9.17, 15) is 13.2 Å². The molecule has 0 N–H and O–H groups in total. The van der Waals surface area contributed by atoms with Gasteiger partial charge >= 0.3 is 5.69 Å². The summed E-state index contributed by atoms with van der Waals surface area (Å²) >= 11 is 0. The van der Waals surface area contributed by atoms with Crippen molar-refractivity contribution in [1.82, 2.24) is 9.55 Å². The van der Waals surface area contributed by atoms with Crippen LogP contribution in [0.25, 0.3) is 10.9 Å². The summed E-state index contributed by atoms with van der Waals surface area (Å²) in [5.74, 6) is -0.0678. The number of sulfone groups is 1. The highest BCUT2D eigenvalue weighted by atomic mass is 32.2. The maximum atomic E-state index is 11.8. The van der Waals surface area contributed by atoms with Crippen molar-refractivity contribution in [1.29, 1.82) is 0 Å². The quantitative estimate of drug-likeness (QED) is 0.871. The molecule has 0 aliphatic heterocycles. The zero-order valence-corrected chi connectivity index (χ0v) is 13.8. The van der Waals surface area contributed by atoms with E-state index in [1.165, 1.54) is 11.0 Å². The fourth-order valence-corrected chi connectivity index (χ4v) is 2.37. The number of aryl methyl sites for hydroxylation is 2. The van der Waals surface area contributed by atoms with Crippen LogP contribution in [-0.4, -0.2) is 30.0 Å². The molecule has 116 valence electrons. The van der Waals surface area contributed by atoms with Crippen molar-refractivity contribution in [3.05, 3.63) is 40.4 Å². The maximum absolute atomic E-state index is 11.8. The minimum atomic E-state index is -3.11. The molecule has 0 saturated heterocycles. The summed E-state index contributed by atoms with van der Waals surface area (Å²) in [5, 5.41) is 0.866. The highest BCUT2D eigenvalue weighted by Gasteiger charge is 2.09. The molecular weight excluding hydrogens is 288 g/mol. The zero-order valence-electron chi connectivity index (χ0n) is 13.0. The standard InChI is InChI=1S/C12H14N2O3S.C3H8/c1-9-10-5-3-4-6-11(10)14(12(15)13-9)7-8-18(2,16)17;1-3-2/h3-6H,7-8H2,1-2H3;3H2,1-2H3.